The molecule has 0 aliphatic carbocycles. The number of hydrogen-bond acceptors (Lipinski definition) is 8. The van der Waals surface area contributed by atoms with Crippen molar-refractivity contribution in [3.8, 4) is 29.1 Å². The summed E-state index contributed by atoms with van der Waals surface area (Å²) in [6.07, 6.45) is 1.52. The van der Waals surface area contributed by atoms with E-state index in [1.165, 1.54) is 12.1 Å². The lowest BCUT2D eigenvalue weighted by Crippen LogP contribution is -2.33. The van der Waals surface area contributed by atoms with Gasteiger partial charge in [-0.05, 0) is 71.8 Å². The van der Waals surface area contributed by atoms with E-state index >= 15 is 0 Å². The van der Waals surface area contributed by atoms with Crippen LogP contribution in [0.15, 0.2) is 49.8 Å². The second kappa shape index (κ2) is 8.14. The fourth-order valence-corrected chi connectivity index (χ4v) is 4.00. The molecule has 3 aromatic heterocycles. The molecule has 156 valence electrons. The quantitative estimate of drug-likeness (QED) is 0.340. The summed E-state index contributed by atoms with van der Waals surface area (Å²) >= 11 is 2.09. The van der Waals surface area contributed by atoms with Crippen molar-refractivity contribution in [3.05, 3.63) is 57.6 Å². The Morgan fingerprint density at radius 2 is 1.84 bits per heavy atom. The van der Waals surface area contributed by atoms with E-state index in [0.29, 0.717) is 47.9 Å². The van der Waals surface area contributed by atoms with Gasteiger partial charge in [-0.15, -0.1) is 0 Å². The van der Waals surface area contributed by atoms with E-state index in [4.69, 9.17) is 13.4 Å². The van der Waals surface area contributed by atoms with Gasteiger partial charge in [0.25, 0.3) is 0 Å². The molecule has 1 aliphatic heterocycles. The number of anilines is 1. The fraction of sp³-hybridized carbons (Fsp3) is 0.238. The van der Waals surface area contributed by atoms with Gasteiger partial charge in [0.1, 0.15) is 11.9 Å². The molecule has 0 spiro atoms. The summed E-state index contributed by atoms with van der Waals surface area (Å²) in [5.74, 6) is 2.07. The minimum absolute atomic E-state index is 0.108. The number of aromatic nitrogens is 3. The summed E-state index contributed by atoms with van der Waals surface area (Å²) in [6.45, 7) is 1.29. The number of piperidine rings is 1. The van der Waals surface area contributed by atoms with E-state index in [1.807, 2.05) is 17.0 Å². The summed E-state index contributed by atoms with van der Waals surface area (Å²) in [4.78, 5) is 10.8. The van der Waals surface area contributed by atoms with Crippen LogP contribution >= 0.6 is 22.6 Å². The number of halogens is 2. The third-order valence-electron chi connectivity index (χ3n) is 5.17. The SMILES string of the molecule is N#Cc1nc(-c2ccc(F)cc2)oc1N1CCC(c2nc(-c3ccc(I)o3)no2)CC1. The molecule has 0 bridgehead atoms. The van der Waals surface area contributed by atoms with Gasteiger partial charge in [-0.25, -0.2) is 4.39 Å². The highest BCUT2D eigenvalue weighted by molar-refractivity contribution is 14.1. The maximum atomic E-state index is 13.2. The molecule has 0 N–H and O–H groups in total. The van der Waals surface area contributed by atoms with E-state index in [-0.39, 0.29) is 17.4 Å². The molecule has 8 nitrogen and oxygen atoms in total. The predicted octanol–water partition coefficient (Wildman–Crippen LogP) is 4.98. The standard InChI is InChI=1S/C21H15FIN5O3/c22-14-3-1-12(2-4-14)19-25-15(11-24)21(30-19)28-9-7-13(8-10-28)20-26-18(27-31-20)16-5-6-17(23)29-16/h1-6,13H,7-10H2. The molecule has 4 aromatic rings. The normalized spacial score (nSPS) is 14.7. The first-order valence-corrected chi connectivity index (χ1v) is 10.7. The molecule has 4 heterocycles. The highest BCUT2D eigenvalue weighted by Crippen LogP contribution is 2.34. The summed E-state index contributed by atoms with van der Waals surface area (Å²) in [7, 11) is 0. The van der Waals surface area contributed by atoms with Crippen LogP contribution in [0.3, 0.4) is 0 Å². The van der Waals surface area contributed by atoms with Crippen LogP contribution in [0.1, 0.15) is 30.3 Å². The minimum Gasteiger partial charge on any atom is -0.447 e. The Morgan fingerprint density at radius 3 is 2.52 bits per heavy atom. The maximum absolute atomic E-state index is 13.2. The van der Waals surface area contributed by atoms with E-state index in [0.717, 1.165) is 16.6 Å². The Bertz CT molecular complexity index is 1250. The molecule has 0 amide bonds. The number of benzene rings is 1. The van der Waals surface area contributed by atoms with Crippen LogP contribution in [0.2, 0.25) is 0 Å². The van der Waals surface area contributed by atoms with E-state index in [9.17, 15) is 9.65 Å². The maximum Gasteiger partial charge on any atom is 0.238 e. The smallest absolute Gasteiger partial charge is 0.238 e. The third kappa shape index (κ3) is 3.93. The molecule has 5 rings (SSSR count). The molecule has 1 fully saturated rings. The molecular formula is C21H15FIN5O3. The van der Waals surface area contributed by atoms with Crippen molar-refractivity contribution >= 4 is 28.5 Å². The highest BCUT2D eigenvalue weighted by Gasteiger charge is 2.29. The van der Waals surface area contributed by atoms with Crippen LogP contribution in [-0.4, -0.2) is 28.2 Å². The van der Waals surface area contributed by atoms with Crippen LogP contribution in [0.25, 0.3) is 23.0 Å². The van der Waals surface area contributed by atoms with Gasteiger partial charge in [-0.3, -0.25) is 0 Å². The third-order valence-corrected chi connectivity index (χ3v) is 5.75. The predicted molar refractivity (Wildman–Crippen MR) is 116 cm³/mol. The zero-order valence-electron chi connectivity index (χ0n) is 16.1. The Hall–Kier alpha value is -3.20. The van der Waals surface area contributed by atoms with Gasteiger partial charge in [0.15, 0.2) is 9.53 Å². The average molecular weight is 531 g/mol. The topological polar surface area (TPSA) is 105 Å². The lowest BCUT2D eigenvalue weighted by atomic mass is 9.97. The van der Waals surface area contributed by atoms with Crippen molar-refractivity contribution in [3.63, 3.8) is 0 Å². The van der Waals surface area contributed by atoms with Crippen LogP contribution in [0.5, 0.6) is 0 Å². The molecule has 1 aromatic carbocycles. The molecule has 0 atom stereocenters. The number of rotatable bonds is 4. The van der Waals surface area contributed by atoms with Gasteiger partial charge in [0.2, 0.25) is 29.2 Å². The van der Waals surface area contributed by atoms with E-state index in [1.54, 1.807) is 12.1 Å². The molecule has 0 saturated carbocycles. The number of furan rings is 1. The van der Waals surface area contributed by atoms with Gasteiger partial charge in [0.05, 0.1) is 0 Å². The molecule has 1 saturated heterocycles. The Balaban J connectivity index is 1.30. The second-order valence-electron chi connectivity index (χ2n) is 7.11. The average Bonchev–Trinajstić information content (AvgIpc) is 3.53. The number of nitrogens with zero attached hydrogens (tertiary/aromatic N) is 5. The second-order valence-corrected chi connectivity index (χ2v) is 8.18. The molecular weight excluding hydrogens is 516 g/mol. The number of nitriles is 1. The largest absolute Gasteiger partial charge is 0.447 e. The first-order valence-electron chi connectivity index (χ1n) is 9.62. The van der Waals surface area contributed by atoms with Crippen molar-refractivity contribution in [1.29, 1.82) is 5.26 Å². The zero-order chi connectivity index (χ0) is 21.4. The van der Waals surface area contributed by atoms with Crippen molar-refractivity contribution in [2.45, 2.75) is 18.8 Å². The first-order chi connectivity index (χ1) is 15.1. The van der Waals surface area contributed by atoms with E-state index < -0.39 is 0 Å². The Morgan fingerprint density at radius 1 is 1.06 bits per heavy atom. The molecule has 1 aliphatic rings. The molecule has 0 radical (unpaired) electrons. The van der Waals surface area contributed by atoms with Gasteiger partial charge >= 0.3 is 0 Å². The van der Waals surface area contributed by atoms with Crippen molar-refractivity contribution in [2.75, 3.05) is 18.0 Å². The van der Waals surface area contributed by atoms with Crippen molar-refractivity contribution in [1.82, 2.24) is 15.1 Å². The molecule has 0 unspecified atom stereocenters. The van der Waals surface area contributed by atoms with Gasteiger partial charge in [-0.1, -0.05) is 5.16 Å². The summed E-state index contributed by atoms with van der Waals surface area (Å²) in [6, 6.07) is 11.6. The molecule has 31 heavy (non-hydrogen) atoms. The lowest BCUT2D eigenvalue weighted by Gasteiger charge is -2.29. The molecule has 10 heteroatoms. The minimum atomic E-state index is -0.343. The highest BCUT2D eigenvalue weighted by atomic mass is 127. The van der Waals surface area contributed by atoms with Gasteiger partial charge in [0, 0.05) is 24.6 Å². The monoisotopic (exact) mass is 531 g/mol. The summed E-state index contributed by atoms with van der Waals surface area (Å²) in [5, 5.41) is 13.5. The lowest BCUT2D eigenvalue weighted by molar-refractivity contribution is 0.326. The van der Waals surface area contributed by atoms with Crippen LogP contribution in [-0.2, 0) is 0 Å². The van der Waals surface area contributed by atoms with Crippen molar-refractivity contribution in [2.24, 2.45) is 0 Å². The first kappa shape index (κ1) is 19.7. The van der Waals surface area contributed by atoms with Gasteiger partial charge in [-0.2, -0.15) is 15.2 Å². The Kier molecular flexibility index (Phi) is 5.19. The number of oxazole rings is 1. The summed E-state index contributed by atoms with van der Waals surface area (Å²) < 4.78 is 30.8. The Labute approximate surface area is 189 Å². The fourth-order valence-electron chi connectivity index (χ4n) is 3.58. The van der Waals surface area contributed by atoms with Crippen molar-refractivity contribution < 1.29 is 17.7 Å². The van der Waals surface area contributed by atoms with Crippen LogP contribution in [0.4, 0.5) is 10.3 Å². The van der Waals surface area contributed by atoms with Crippen LogP contribution in [0, 0.1) is 20.9 Å². The number of hydrogen-bond donors (Lipinski definition) is 0. The van der Waals surface area contributed by atoms with Crippen LogP contribution < -0.4 is 4.90 Å². The summed E-state index contributed by atoms with van der Waals surface area (Å²) in [5.41, 5.74) is 0.829. The van der Waals surface area contributed by atoms with Gasteiger partial charge < -0.3 is 18.3 Å². The zero-order valence-corrected chi connectivity index (χ0v) is 18.2. The van der Waals surface area contributed by atoms with E-state index in [2.05, 4.69) is 43.8 Å².